The molecule has 0 fully saturated rings. The Labute approximate surface area is 130 Å². The van der Waals surface area contributed by atoms with Crippen LogP contribution in [0.3, 0.4) is 0 Å². The van der Waals surface area contributed by atoms with E-state index in [-0.39, 0.29) is 17.3 Å². The van der Waals surface area contributed by atoms with E-state index in [0.29, 0.717) is 29.3 Å². The van der Waals surface area contributed by atoms with E-state index in [1.54, 1.807) is 38.3 Å². The van der Waals surface area contributed by atoms with Gasteiger partial charge in [-0.2, -0.15) is 10.1 Å². The molecule has 0 saturated carbocycles. The molecule has 0 saturated heterocycles. The third kappa shape index (κ3) is 2.63. The molecule has 9 heteroatoms. The summed E-state index contributed by atoms with van der Waals surface area (Å²) in [5, 5.41) is 21.7. The second kappa shape index (κ2) is 5.87. The van der Waals surface area contributed by atoms with Crippen LogP contribution in [0.2, 0.25) is 0 Å². The molecule has 118 valence electrons. The summed E-state index contributed by atoms with van der Waals surface area (Å²) in [7, 11) is 1.56. The molecule has 0 aliphatic carbocycles. The molecule has 2 aromatic heterocycles. The zero-order valence-corrected chi connectivity index (χ0v) is 12.4. The van der Waals surface area contributed by atoms with Gasteiger partial charge < -0.3 is 9.26 Å². The summed E-state index contributed by atoms with van der Waals surface area (Å²) >= 11 is 0. The summed E-state index contributed by atoms with van der Waals surface area (Å²) in [5.74, 6) is 0.938. The van der Waals surface area contributed by atoms with Crippen molar-refractivity contribution >= 4 is 5.69 Å². The van der Waals surface area contributed by atoms with Gasteiger partial charge in [0.25, 0.3) is 5.89 Å². The number of nitrogens with zero attached hydrogens (tertiary/aromatic N) is 4. The summed E-state index contributed by atoms with van der Waals surface area (Å²) in [5.41, 5.74) is 0.973. The molecule has 1 N–H and O–H groups in total. The Bertz CT molecular complexity index is 854. The van der Waals surface area contributed by atoms with E-state index in [2.05, 4.69) is 20.3 Å². The van der Waals surface area contributed by atoms with Gasteiger partial charge >= 0.3 is 5.69 Å². The molecular formula is C14H13N5O4. The number of nitrogens with one attached hydrogen (secondary N) is 1. The molecule has 0 radical (unpaired) electrons. The van der Waals surface area contributed by atoms with Crippen LogP contribution in [0.4, 0.5) is 5.69 Å². The molecule has 23 heavy (non-hydrogen) atoms. The maximum Gasteiger partial charge on any atom is 0.322 e. The number of hydrogen-bond donors (Lipinski definition) is 1. The van der Waals surface area contributed by atoms with E-state index in [1.165, 1.54) is 0 Å². The first kappa shape index (κ1) is 14.7. The van der Waals surface area contributed by atoms with Gasteiger partial charge in [0, 0.05) is 5.56 Å². The highest BCUT2D eigenvalue weighted by molar-refractivity contribution is 5.66. The van der Waals surface area contributed by atoms with Crippen LogP contribution in [0, 0.1) is 10.1 Å². The molecule has 0 unspecified atom stereocenters. The molecule has 0 atom stereocenters. The van der Waals surface area contributed by atoms with Crippen molar-refractivity contribution in [2.75, 3.05) is 7.11 Å². The Balaban J connectivity index is 2.02. The third-order valence-electron chi connectivity index (χ3n) is 3.31. The Morgan fingerprint density at radius 1 is 1.43 bits per heavy atom. The van der Waals surface area contributed by atoms with E-state index in [1.807, 2.05) is 0 Å². The van der Waals surface area contributed by atoms with Crippen molar-refractivity contribution in [2.45, 2.75) is 13.3 Å². The minimum Gasteiger partial charge on any atom is -0.497 e. The smallest absolute Gasteiger partial charge is 0.322 e. The van der Waals surface area contributed by atoms with Gasteiger partial charge in [0.1, 0.15) is 11.4 Å². The number of nitro groups is 1. The Morgan fingerprint density at radius 2 is 2.26 bits per heavy atom. The second-order valence-electron chi connectivity index (χ2n) is 4.67. The van der Waals surface area contributed by atoms with Crippen molar-refractivity contribution in [2.24, 2.45) is 0 Å². The number of aromatic nitrogens is 4. The lowest BCUT2D eigenvalue weighted by atomic mass is 10.2. The Morgan fingerprint density at radius 3 is 2.96 bits per heavy atom. The van der Waals surface area contributed by atoms with Crippen LogP contribution in [0.25, 0.3) is 23.0 Å². The monoisotopic (exact) mass is 315 g/mol. The average molecular weight is 315 g/mol. The van der Waals surface area contributed by atoms with Gasteiger partial charge in [0.2, 0.25) is 11.5 Å². The summed E-state index contributed by atoms with van der Waals surface area (Å²) in [6, 6.07) is 7.10. The minimum absolute atomic E-state index is 0.00882. The van der Waals surface area contributed by atoms with Gasteiger partial charge in [-0.1, -0.05) is 24.2 Å². The normalized spacial score (nSPS) is 10.7. The fourth-order valence-electron chi connectivity index (χ4n) is 2.16. The quantitative estimate of drug-likeness (QED) is 0.567. The van der Waals surface area contributed by atoms with Crippen LogP contribution < -0.4 is 4.74 Å². The van der Waals surface area contributed by atoms with Crippen molar-refractivity contribution in [3.05, 3.63) is 40.1 Å². The molecule has 0 amide bonds. The van der Waals surface area contributed by atoms with Crippen molar-refractivity contribution in [1.82, 2.24) is 20.3 Å². The van der Waals surface area contributed by atoms with Gasteiger partial charge in [-0.05, 0) is 18.6 Å². The summed E-state index contributed by atoms with van der Waals surface area (Å²) in [6.45, 7) is 1.79. The predicted molar refractivity (Wildman–Crippen MR) is 79.9 cm³/mol. The molecule has 1 aromatic carbocycles. The standard InChI is InChI=1S/C14H13N5O4/c1-3-10-12(19(20)21)11(17-16-10)14-15-13(18-23-14)8-5-4-6-9(7-8)22-2/h4-7H,3H2,1-2H3,(H,16,17). The minimum atomic E-state index is -0.507. The number of hydrogen-bond acceptors (Lipinski definition) is 7. The van der Waals surface area contributed by atoms with Gasteiger partial charge in [0.15, 0.2) is 0 Å². The van der Waals surface area contributed by atoms with E-state index in [0.717, 1.165) is 0 Å². The molecule has 9 nitrogen and oxygen atoms in total. The van der Waals surface area contributed by atoms with Gasteiger partial charge in [-0.15, -0.1) is 0 Å². The highest BCUT2D eigenvalue weighted by Gasteiger charge is 2.28. The fourth-order valence-corrected chi connectivity index (χ4v) is 2.16. The summed E-state index contributed by atoms with van der Waals surface area (Å²) in [4.78, 5) is 14.9. The van der Waals surface area contributed by atoms with E-state index in [4.69, 9.17) is 9.26 Å². The lowest BCUT2D eigenvalue weighted by molar-refractivity contribution is -0.384. The maximum absolute atomic E-state index is 11.2. The zero-order valence-electron chi connectivity index (χ0n) is 12.4. The zero-order chi connectivity index (χ0) is 16.4. The highest BCUT2D eigenvalue weighted by Crippen LogP contribution is 2.31. The van der Waals surface area contributed by atoms with Crippen molar-refractivity contribution < 1.29 is 14.2 Å². The number of ether oxygens (including phenoxy) is 1. The molecule has 3 aromatic rings. The average Bonchev–Trinajstić information content (AvgIpc) is 3.21. The molecular weight excluding hydrogens is 302 g/mol. The number of aromatic amines is 1. The molecule has 3 rings (SSSR count). The number of methoxy groups -OCH3 is 1. The number of benzene rings is 1. The van der Waals surface area contributed by atoms with Crippen LogP contribution in [-0.2, 0) is 6.42 Å². The van der Waals surface area contributed by atoms with Crippen molar-refractivity contribution in [3.63, 3.8) is 0 Å². The molecule has 2 heterocycles. The lowest BCUT2D eigenvalue weighted by Crippen LogP contribution is -1.93. The van der Waals surface area contributed by atoms with Crippen LogP contribution in [0.5, 0.6) is 5.75 Å². The second-order valence-corrected chi connectivity index (χ2v) is 4.67. The highest BCUT2D eigenvalue weighted by atomic mass is 16.6. The van der Waals surface area contributed by atoms with Crippen LogP contribution in [0.15, 0.2) is 28.8 Å². The molecule has 0 aliphatic rings. The van der Waals surface area contributed by atoms with Crippen molar-refractivity contribution in [3.8, 4) is 28.7 Å². The summed E-state index contributed by atoms with van der Waals surface area (Å²) < 4.78 is 10.3. The van der Waals surface area contributed by atoms with Crippen LogP contribution in [0.1, 0.15) is 12.6 Å². The first-order valence-electron chi connectivity index (χ1n) is 6.84. The fraction of sp³-hybridized carbons (Fsp3) is 0.214. The number of rotatable bonds is 5. The van der Waals surface area contributed by atoms with Crippen LogP contribution in [-0.4, -0.2) is 32.4 Å². The maximum atomic E-state index is 11.2. The number of H-pyrrole nitrogens is 1. The first-order chi connectivity index (χ1) is 11.1. The van der Waals surface area contributed by atoms with Gasteiger partial charge in [-0.3, -0.25) is 15.2 Å². The Hall–Kier alpha value is -3.23. The lowest BCUT2D eigenvalue weighted by Gasteiger charge is -1.99. The largest absolute Gasteiger partial charge is 0.497 e. The summed E-state index contributed by atoms with van der Waals surface area (Å²) in [6.07, 6.45) is 0.445. The number of aryl methyl sites for hydroxylation is 1. The first-order valence-corrected chi connectivity index (χ1v) is 6.84. The molecule has 0 bridgehead atoms. The van der Waals surface area contributed by atoms with Crippen LogP contribution >= 0.6 is 0 Å². The SMILES string of the molecule is CCc1[nH]nc(-c2nc(-c3cccc(OC)c3)no2)c1[N+](=O)[O-]. The van der Waals surface area contributed by atoms with Crippen molar-refractivity contribution in [1.29, 1.82) is 0 Å². The van der Waals surface area contributed by atoms with E-state index >= 15 is 0 Å². The Kier molecular flexibility index (Phi) is 3.75. The third-order valence-corrected chi connectivity index (χ3v) is 3.31. The van der Waals surface area contributed by atoms with Gasteiger partial charge in [-0.25, -0.2) is 0 Å². The predicted octanol–water partition coefficient (Wildman–Crippen LogP) is 2.61. The molecule has 0 aliphatic heterocycles. The van der Waals surface area contributed by atoms with E-state index in [9.17, 15) is 10.1 Å². The van der Waals surface area contributed by atoms with E-state index < -0.39 is 4.92 Å². The van der Waals surface area contributed by atoms with Gasteiger partial charge in [0.05, 0.1) is 12.0 Å². The topological polar surface area (TPSA) is 120 Å². The molecule has 0 spiro atoms.